The van der Waals surface area contributed by atoms with Crippen LogP contribution in [0.1, 0.15) is 0 Å². The average molecular weight is 501 g/mol. The maximum absolute atomic E-state index is 6.28. The number of benzene rings is 5. The molecule has 0 spiro atoms. The monoisotopic (exact) mass is 500 g/mol. The van der Waals surface area contributed by atoms with Gasteiger partial charge in [0, 0.05) is 39.0 Å². The largest absolute Gasteiger partial charge is 0.454 e. The highest BCUT2D eigenvalue weighted by atomic mass is 16.3. The van der Waals surface area contributed by atoms with Gasteiger partial charge in [-0.3, -0.25) is 4.98 Å². The second kappa shape index (κ2) is 8.57. The lowest BCUT2D eigenvalue weighted by Crippen LogP contribution is -2.00. The van der Waals surface area contributed by atoms with Gasteiger partial charge in [-0.1, -0.05) is 91.0 Å². The Morgan fingerprint density at radius 2 is 1.23 bits per heavy atom. The summed E-state index contributed by atoms with van der Waals surface area (Å²) in [5.41, 5.74) is 4.42. The minimum atomic E-state index is 0.614. The first-order valence-electron chi connectivity index (χ1n) is 12.8. The number of pyridine rings is 1. The maximum atomic E-state index is 6.28. The Morgan fingerprint density at radius 1 is 0.487 bits per heavy atom. The Balaban J connectivity index is 1.39. The van der Waals surface area contributed by atoms with Gasteiger partial charge in [-0.25, -0.2) is 15.0 Å². The summed E-state index contributed by atoms with van der Waals surface area (Å²) in [6.45, 7) is 0. The highest BCUT2D eigenvalue weighted by Crippen LogP contribution is 2.36. The van der Waals surface area contributed by atoms with E-state index < -0.39 is 0 Å². The van der Waals surface area contributed by atoms with Crippen LogP contribution < -0.4 is 0 Å². The van der Waals surface area contributed by atoms with Crippen LogP contribution in [-0.2, 0) is 0 Å². The van der Waals surface area contributed by atoms with E-state index in [0.29, 0.717) is 17.5 Å². The predicted molar refractivity (Wildman–Crippen MR) is 156 cm³/mol. The number of furan rings is 1. The van der Waals surface area contributed by atoms with Gasteiger partial charge < -0.3 is 4.42 Å². The third-order valence-corrected chi connectivity index (χ3v) is 7.21. The molecule has 0 N–H and O–H groups in total. The molecule has 0 aliphatic heterocycles. The van der Waals surface area contributed by atoms with E-state index in [9.17, 15) is 0 Å². The number of nitrogens with zero attached hydrogens (tertiary/aromatic N) is 4. The Labute approximate surface area is 223 Å². The van der Waals surface area contributed by atoms with E-state index in [1.807, 2.05) is 54.6 Å². The van der Waals surface area contributed by atoms with Crippen LogP contribution in [0.15, 0.2) is 126 Å². The fourth-order valence-electron chi connectivity index (χ4n) is 5.31. The molecule has 0 saturated heterocycles. The standard InChI is InChI=1S/C34H20N4O/c1-2-8-23(9-3-1)32-36-33(38-34(37-32)28-12-6-10-21-7-4-5-11-25(21)28)24-14-13-22-15-16-27-26-17-18-35-20-30(26)39-31(27)29(22)19-24/h1-20H. The Bertz CT molecular complexity index is 2180. The zero-order valence-corrected chi connectivity index (χ0v) is 20.7. The highest BCUT2D eigenvalue weighted by Gasteiger charge is 2.16. The summed E-state index contributed by atoms with van der Waals surface area (Å²) in [6, 6.07) is 37.1. The van der Waals surface area contributed by atoms with Crippen LogP contribution in [0.3, 0.4) is 0 Å². The molecule has 8 rings (SSSR count). The number of rotatable bonds is 3. The van der Waals surface area contributed by atoms with Gasteiger partial charge in [0.2, 0.25) is 0 Å². The van der Waals surface area contributed by atoms with Gasteiger partial charge in [0.15, 0.2) is 23.1 Å². The van der Waals surface area contributed by atoms with Crippen molar-refractivity contribution in [3.63, 3.8) is 0 Å². The van der Waals surface area contributed by atoms with Gasteiger partial charge in [0.25, 0.3) is 0 Å². The molecule has 5 aromatic carbocycles. The molecule has 0 radical (unpaired) electrons. The second-order valence-electron chi connectivity index (χ2n) is 9.55. The van der Waals surface area contributed by atoms with Crippen LogP contribution in [0.2, 0.25) is 0 Å². The summed E-state index contributed by atoms with van der Waals surface area (Å²) in [5, 5.41) is 6.46. The van der Waals surface area contributed by atoms with E-state index in [1.54, 1.807) is 12.4 Å². The molecule has 0 amide bonds. The van der Waals surface area contributed by atoms with Crippen molar-refractivity contribution < 1.29 is 4.42 Å². The van der Waals surface area contributed by atoms with E-state index >= 15 is 0 Å². The van der Waals surface area contributed by atoms with Crippen molar-refractivity contribution in [2.45, 2.75) is 0 Å². The van der Waals surface area contributed by atoms with Crippen molar-refractivity contribution in [2.75, 3.05) is 0 Å². The summed E-state index contributed by atoms with van der Waals surface area (Å²) in [7, 11) is 0. The lowest BCUT2D eigenvalue weighted by molar-refractivity contribution is 0.670. The molecule has 182 valence electrons. The molecule has 0 bridgehead atoms. The third-order valence-electron chi connectivity index (χ3n) is 7.21. The van der Waals surface area contributed by atoms with Crippen molar-refractivity contribution in [2.24, 2.45) is 0 Å². The smallest absolute Gasteiger partial charge is 0.164 e. The zero-order chi connectivity index (χ0) is 25.8. The van der Waals surface area contributed by atoms with Crippen LogP contribution in [0.25, 0.3) is 77.6 Å². The average Bonchev–Trinajstić information content (AvgIpc) is 3.40. The topological polar surface area (TPSA) is 64.7 Å². The lowest BCUT2D eigenvalue weighted by Gasteiger charge is -2.11. The molecule has 0 fully saturated rings. The summed E-state index contributed by atoms with van der Waals surface area (Å²) >= 11 is 0. The maximum Gasteiger partial charge on any atom is 0.164 e. The fraction of sp³-hybridized carbons (Fsp3) is 0. The molecule has 0 atom stereocenters. The van der Waals surface area contributed by atoms with Crippen molar-refractivity contribution in [3.8, 4) is 34.2 Å². The highest BCUT2D eigenvalue weighted by molar-refractivity contribution is 6.15. The SMILES string of the molecule is c1ccc(-c2nc(-c3ccc4ccc5c6ccncc6oc5c4c3)nc(-c3cccc4ccccc34)n2)cc1. The molecule has 5 nitrogen and oxygen atoms in total. The number of fused-ring (bicyclic) bond motifs is 6. The van der Waals surface area contributed by atoms with Gasteiger partial charge in [0.1, 0.15) is 5.58 Å². The van der Waals surface area contributed by atoms with Crippen LogP contribution in [0.5, 0.6) is 0 Å². The predicted octanol–water partition coefficient (Wildman–Crippen LogP) is 8.47. The minimum Gasteiger partial charge on any atom is -0.454 e. The minimum absolute atomic E-state index is 0.614. The van der Waals surface area contributed by atoms with Gasteiger partial charge in [0.05, 0.1) is 6.20 Å². The summed E-state index contributed by atoms with van der Waals surface area (Å²) in [6.07, 6.45) is 3.56. The molecular formula is C34H20N4O. The van der Waals surface area contributed by atoms with Crippen molar-refractivity contribution in [1.29, 1.82) is 0 Å². The summed E-state index contributed by atoms with van der Waals surface area (Å²) < 4.78 is 6.28. The molecule has 5 heteroatoms. The third kappa shape index (κ3) is 3.55. The Hall–Kier alpha value is -5.42. The first kappa shape index (κ1) is 21.6. The number of hydrogen-bond donors (Lipinski definition) is 0. The Morgan fingerprint density at radius 3 is 2.15 bits per heavy atom. The van der Waals surface area contributed by atoms with Crippen LogP contribution in [0, 0.1) is 0 Å². The van der Waals surface area contributed by atoms with Crippen molar-refractivity contribution >= 4 is 43.5 Å². The molecule has 0 unspecified atom stereocenters. The lowest BCUT2D eigenvalue weighted by atomic mass is 10.0. The first-order chi connectivity index (χ1) is 19.3. The molecule has 0 aliphatic rings. The Kier molecular flexibility index (Phi) is 4.76. The van der Waals surface area contributed by atoms with E-state index in [1.165, 1.54) is 0 Å². The molecule has 0 aliphatic carbocycles. The number of hydrogen-bond acceptors (Lipinski definition) is 5. The molecular weight excluding hydrogens is 480 g/mol. The first-order valence-corrected chi connectivity index (χ1v) is 12.8. The fourth-order valence-corrected chi connectivity index (χ4v) is 5.31. The van der Waals surface area contributed by atoms with E-state index in [0.717, 1.165) is 60.2 Å². The van der Waals surface area contributed by atoms with Crippen LogP contribution in [-0.4, -0.2) is 19.9 Å². The molecule has 3 heterocycles. The molecule has 3 aromatic heterocycles. The summed E-state index contributed by atoms with van der Waals surface area (Å²) in [4.78, 5) is 19.1. The molecule has 0 saturated carbocycles. The van der Waals surface area contributed by atoms with Gasteiger partial charge in [-0.2, -0.15) is 0 Å². The van der Waals surface area contributed by atoms with Crippen LogP contribution in [0.4, 0.5) is 0 Å². The van der Waals surface area contributed by atoms with Crippen LogP contribution >= 0.6 is 0 Å². The molecule has 8 aromatic rings. The van der Waals surface area contributed by atoms with Crippen molar-refractivity contribution in [1.82, 2.24) is 19.9 Å². The second-order valence-corrected chi connectivity index (χ2v) is 9.55. The molecule has 39 heavy (non-hydrogen) atoms. The summed E-state index contributed by atoms with van der Waals surface area (Å²) in [5.74, 6) is 1.89. The zero-order valence-electron chi connectivity index (χ0n) is 20.7. The van der Waals surface area contributed by atoms with Crippen molar-refractivity contribution in [3.05, 3.63) is 122 Å². The van der Waals surface area contributed by atoms with E-state index in [2.05, 4.69) is 59.6 Å². The van der Waals surface area contributed by atoms with E-state index in [-0.39, 0.29) is 0 Å². The van der Waals surface area contributed by atoms with Gasteiger partial charge in [-0.05, 0) is 34.4 Å². The normalized spacial score (nSPS) is 11.6. The van der Waals surface area contributed by atoms with Gasteiger partial charge >= 0.3 is 0 Å². The van der Waals surface area contributed by atoms with Gasteiger partial charge in [-0.15, -0.1) is 0 Å². The number of aromatic nitrogens is 4. The van der Waals surface area contributed by atoms with E-state index in [4.69, 9.17) is 19.4 Å². The quantitative estimate of drug-likeness (QED) is 0.243.